The number of amides is 3. The summed E-state index contributed by atoms with van der Waals surface area (Å²) in [5, 5.41) is 5.58. The van der Waals surface area contributed by atoms with Crippen LogP contribution in [0, 0.1) is 11.7 Å². The highest BCUT2D eigenvalue weighted by atomic mass is 19.1. The van der Waals surface area contributed by atoms with Gasteiger partial charge < -0.3 is 25.0 Å². The highest BCUT2D eigenvalue weighted by Gasteiger charge is 2.35. The Morgan fingerprint density at radius 3 is 2.11 bits per heavy atom. The Hall–Kier alpha value is -4.40. The summed E-state index contributed by atoms with van der Waals surface area (Å²) in [6.45, 7) is 0.168. The summed E-state index contributed by atoms with van der Waals surface area (Å²) >= 11 is 0. The minimum absolute atomic E-state index is 0.0217. The molecule has 35 heavy (non-hydrogen) atoms. The Balaban J connectivity index is 1.50. The third kappa shape index (κ3) is 5.24. The van der Waals surface area contributed by atoms with Crippen molar-refractivity contribution in [2.45, 2.75) is 6.42 Å². The van der Waals surface area contributed by atoms with Crippen LogP contribution in [0.1, 0.15) is 16.8 Å². The smallest absolute Gasteiger partial charge is 0.255 e. The van der Waals surface area contributed by atoms with Crippen LogP contribution in [0.3, 0.4) is 0 Å². The van der Waals surface area contributed by atoms with Crippen molar-refractivity contribution >= 4 is 34.8 Å². The molecule has 0 aliphatic carbocycles. The topological polar surface area (TPSA) is 97.0 Å². The van der Waals surface area contributed by atoms with Gasteiger partial charge in [-0.15, -0.1) is 0 Å². The zero-order chi connectivity index (χ0) is 24.9. The van der Waals surface area contributed by atoms with Crippen LogP contribution in [-0.2, 0) is 9.59 Å². The standard InChI is InChI=1S/C26H24FN3O5/c1-34-22-14-21(23(35-2)13-20(22)28-25(32)16-6-4-3-5-7-16)29-26(33)17-12-24(31)30(15-17)19-10-8-18(27)9-11-19/h3-11,13-14,17H,12,15H2,1-2H3,(H,28,32)(H,29,33). The number of carbonyl (C=O) groups is 3. The molecule has 180 valence electrons. The average molecular weight is 477 g/mol. The SMILES string of the molecule is COc1cc(NC(=O)C2CC(=O)N(c3ccc(F)cc3)C2)c(OC)cc1NC(=O)c1ccccc1. The van der Waals surface area contributed by atoms with E-state index in [2.05, 4.69) is 10.6 Å². The van der Waals surface area contributed by atoms with Gasteiger partial charge in [-0.25, -0.2) is 4.39 Å². The number of nitrogens with zero attached hydrogens (tertiary/aromatic N) is 1. The van der Waals surface area contributed by atoms with Crippen molar-refractivity contribution in [3.63, 3.8) is 0 Å². The molecular weight excluding hydrogens is 453 g/mol. The molecule has 2 N–H and O–H groups in total. The van der Waals surface area contributed by atoms with Crippen molar-refractivity contribution in [1.29, 1.82) is 0 Å². The number of rotatable bonds is 7. The molecule has 3 amide bonds. The lowest BCUT2D eigenvalue weighted by Crippen LogP contribution is -2.28. The summed E-state index contributed by atoms with van der Waals surface area (Å²) in [6.07, 6.45) is 0.0217. The lowest BCUT2D eigenvalue weighted by Gasteiger charge is -2.18. The van der Waals surface area contributed by atoms with Crippen LogP contribution in [0.25, 0.3) is 0 Å². The Kier molecular flexibility index (Phi) is 6.96. The molecule has 1 aliphatic heterocycles. The molecule has 1 fully saturated rings. The first-order valence-corrected chi connectivity index (χ1v) is 10.9. The van der Waals surface area contributed by atoms with Gasteiger partial charge in [-0.1, -0.05) is 18.2 Å². The molecule has 4 rings (SSSR count). The van der Waals surface area contributed by atoms with Gasteiger partial charge in [0.15, 0.2) is 0 Å². The van der Waals surface area contributed by atoms with Gasteiger partial charge in [-0.2, -0.15) is 0 Å². The number of hydrogen-bond donors (Lipinski definition) is 2. The zero-order valence-electron chi connectivity index (χ0n) is 19.2. The Morgan fingerprint density at radius 2 is 1.51 bits per heavy atom. The van der Waals surface area contributed by atoms with Crippen LogP contribution in [0.4, 0.5) is 21.5 Å². The third-order valence-electron chi connectivity index (χ3n) is 5.70. The number of benzene rings is 3. The van der Waals surface area contributed by atoms with Gasteiger partial charge in [0.1, 0.15) is 17.3 Å². The number of methoxy groups -OCH3 is 2. The molecule has 1 unspecified atom stereocenters. The normalized spacial score (nSPS) is 15.0. The molecule has 9 heteroatoms. The maximum Gasteiger partial charge on any atom is 0.255 e. The Labute approximate surface area is 201 Å². The van der Waals surface area contributed by atoms with E-state index in [1.807, 2.05) is 6.07 Å². The molecule has 0 spiro atoms. The van der Waals surface area contributed by atoms with Crippen molar-refractivity contribution in [2.75, 3.05) is 36.3 Å². The summed E-state index contributed by atoms with van der Waals surface area (Å²) in [4.78, 5) is 39.5. The van der Waals surface area contributed by atoms with Crippen molar-refractivity contribution in [1.82, 2.24) is 0 Å². The second-order valence-corrected chi connectivity index (χ2v) is 7.94. The molecule has 1 saturated heterocycles. The number of nitrogens with one attached hydrogen (secondary N) is 2. The lowest BCUT2D eigenvalue weighted by atomic mass is 10.1. The van der Waals surface area contributed by atoms with Gasteiger partial charge in [-0.3, -0.25) is 14.4 Å². The second kappa shape index (κ2) is 10.3. The van der Waals surface area contributed by atoms with Gasteiger partial charge in [-0.05, 0) is 36.4 Å². The molecule has 3 aromatic rings. The van der Waals surface area contributed by atoms with Crippen LogP contribution < -0.4 is 25.0 Å². The first-order valence-electron chi connectivity index (χ1n) is 10.9. The average Bonchev–Trinajstić information content (AvgIpc) is 3.27. The number of ether oxygens (including phenoxy) is 2. The maximum atomic E-state index is 13.2. The van der Waals surface area contributed by atoms with E-state index in [0.29, 0.717) is 34.1 Å². The van der Waals surface area contributed by atoms with Crippen LogP contribution in [0.15, 0.2) is 66.7 Å². The van der Waals surface area contributed by atoms with Gasteiger partial charge in [0.25, 0.3) is 5.91 Å². The number of carbonyl (C=O) groups excluding carboxylic acids is 3. The van der Waals surface area contributed by atoms with E-state index in [1.54, 1.807) is 36.4 Å². The summed E-state index contributed by atoms with van der Waals surface area (Å²) in [5.41, 5.74) is 1.71. The fourth-order valence-electron chi connectivity index (χ4n) is 3.87. The maximum absolute atomic E-state index is 13.2. The molecule has 1 heterocycles. The quantitative estimate of drug-likeness (QED) is 0.534. The molecule has 8 nitrogen and oxygen atoms in total. The lowest BCUT2D eigenvalue weighted by molar-refractivity contribution is -0.122. The van der Waals surface area contributed by atoms with Crippen molar-refractivity contribution in [3.8, 4) is 11.5 Å². The number of anilines is 3. The number of halogens is 1. The summed E-state index contributed by atoms with van der Waals surface area (Å²) in [7, 11) is 2.89. The summed E-state index contributed by atoms with van der Waals surface area (Å²) < 4.78 is 24.1. The highest BCUT2D eigenvalue weighted by Crippen LogP contribution is 2.37. The predicted molar refractivity (Wildman–Crippen MR) is 129 cm³/mol. The highest BCUT2D eigenvalue weighted by molar-refractivity contribution is 6.06. The zero-order valence-corrected chi connectivity index (χ0v) is 19.2. The van der Waals surface area contributed by atoms with Gasteiger partial charge in [0, 0.05) is 36.3 Å². The molecule has 0 aromatic heterocycles. The Morgan fingerprint density at radius 1 is 0.914 bits per heavy atom. The molecule has 0 saturated carbocycles. The predicted octanol–water partition coefficient (Wildman–Crippen LogP) is 4.09. The van der Waals surface area contributed by atoms with E-state index in [9.17, 15) is 18.8 Å². The molecular formula is C26H24FN3O5. The molecule has 0 radical (unpaired) electrons. The largest absolute Gasteiger partial charge is 0.494 e. The van der Waals surface area contributed by atoms with Crippen LogP contribution in [0.5, 0.6) is 11.5 Å². The van der Waals surface area contributed by atoms with Crippen molar-refractivity contribution in [3.05, 3.63) is 78.1 Å². The van der Waals surface area contributed by atoms with Gasteiger partial charge >= 0.3 is 0 Å². The second-order valence-electron chi connectivity index (χ2n) is 7.94. The van der Waals surface area contributed by atoms with Gasteiger partial charge in [0.2, 0.25) is 11.8 Å². The van der Waals surface area contributed by atoms with Crippen LogP contribution in [0.2, 0.25) is 0 Å². The van der Waals surface area contributed by atoms with Gasteiger partial charge in [0.05, 0.1) is 31.5 Å². The van der Waals surface area contributed by atoms with Crippen molar-refractivity contribution < 1.29 is 28.2 Å². The minimum Gasteiger partial charge on any atom is -0.494 e. The first-order chi connectivity index (χ1) is 16.9. The van der Waals surface area contributed by atoms with E-state index < -0.39 is 11.7 Å². The first kappa shape index (κ1) is 23.7. The molecule has 1 atom stereocenters. The molecule has 1 aliphatic rings. The van der Waals surface area contributed by atoms with E-state index in [0.717, 1.165) is 0 Å². The molecule has 3 aromatic carbocycles. The van der Waals surface area contributed by atoms with E-state index in [-0.39, 0.29) is 30.7 Å². The van der Waals surface area contributed by atoms with E-state index in [1.165, 1.54) is 43.4 Å². The fourth-order valence-corrected chi connectivity index (χ4v) is 3.87. The monoisotopic (exact) mass is 477 g/mol. The van der Waals surface area contributed by atoms with E-state index >= 15 is 0 Å². The third-order valence-corrected chi connectivity index (χ3v) is 5.70. The van der Waals surface area contributed by atoms with E-state index in [4.69, 9.17) is 9.47 Å². The fraction of sp³-hybridized carbons (Fsp3) is 0.192. The molecule has 0 bridgehead atoms. The van der Waals surface area contributed by atoms with Crippen molar-refractivity contribution in [2.24, 2.45) is 5.92 Å². The summed E-state index contributed by atoms with van der Waals surface area (Å²) in [6, 6.07) is 17.4. The Bertz CT molecular complexity index is 1250. The van der Waals surface area contributed by atoms with Crippen LogP contribution >= 0.6 is 0 Å². The minimum atomic E-state index is -0.610. The number of hydrogen-bond acceptors (Lipinski definition) is 5. The van der Waals surface area contributed by atoms with Crippen LogP contribution in [-0.4, -0.2) is 38.5 Å². The summed E-state index contributed by atoms with van der Waals surface area (Å²) in [5.74, 6) is -1.30.